The molecule has 1 amide bonds. The van der Waals surface area contributed by atoms with Crippen molar-refractivity contribution in [3.63, 3.8) is 0 Å². The van der Waals surface area contributed by atoms with Gasteiger partial charge in [-0.25, -0.2) is 4.39 Å². The summed E-state index contributed by atoms with van der Waals surface area (Å²) in [7, 11) is 0. The van der Waals surface area contributed by atoms with Crippen molar-refractivity contribution >= 4 is 65.4 Å². The Bertz CT molecular complexity index is 1430. The van der Waals surface area contributed by atoms with E-state index in [1.54, 1.807) is 6.07 Å². The Hall–Kier alpha value is -2.86. The van der Waals surface area contributed by atoms with Crippen LogP contribution in [0.15, 0.2) is 40.9 Å². The van der Waals surface area contributed by atoms with Crippen LogP contribution in [0.5, 0.6) is 0 Å². The molecule has 126 valence electrons. The quantitative estimate of drug-likeness (QED) is 0.328. The third kappa shape index (κ3) is 1.60. The summed E-state index contributed by atoms with van der Waals surface area (Å²) in [5.74, 6) is -0.420. The lowest BCUT2D eigenvalue weighted by atomic mass is 9.97. The van der Waals surface area contributed by atoms with E-state index < -0.39 is 0 Å². The summed E-state index contributed by atoms with van der Waals surface area (Å²) >= 11 is 3.26. The molecule has 26 heavy (non-hydrogen) atoms. The number of carbonyl (C=O) groups is 1. The van der Waals surface area contributed by atoms with E-state index >= 15 is 0 Å². The van der Waals surface area contributed by atoms with Crippen molar-refractivity contribution in [1.82, 2.24) is 15.3 Å². The van der Waals surface area contributed by atoms with E-state index in [4.69, 9.17) is 0 Å². The van der Waals surface area contributed by atoms with Crippen molar-refractivity contribution in [2.24, 2.45) is 0 Å². The molecule has 3 N–H and O–H groups in total. The van der Waals surface area contributed by atoms with Gasteiger partial charge < -0.3 is 15.3 Å². The predicted octanol–water partition coefficient (Wildman–Crippen LogP) is 5.10. The van der Waals surface area contributed by atoms with Crippen LogP contribution in [-0.2, 0) is 6.54 Å². The highest BCUT2D eigenvalue weighted by atomic mass is 79.9. The van der Waals surface area contributed by atoms with Crippen LogP contribution >= 0.6 is 15.9 Å². The van der Waals surface area contributed by atoms with E-state index in [-0.39, 0.29) is 11.7 Å². The molecule has 6 heteroatoms. The van der Waals surface area contributed by atoms with E-state index in [0.717, 1.165) is 43.7 Å². The number of aromatic amines is 2. The van der Waals surface area contributed by atoms with Gasteiger partial charge in [0.05, 0.1) is 21.1 Å². The number of carbonyl (C=O) groups excluding carboxylic acids is 1. The van der Waals surface area contributed by atoms with E-state index in [2.05, 4.69) is 37.3 Å². The second-order valence-electron chi connectivity index (χ2n) is 6.64. The van der Waals surface area contributed by atoms with Gasteiger partial charge in [0.1, 0.15) is 5.82 Å². The summed E-state index contributed by atoms with van der Waals surface area (Å²) in [6, 6.07) is 11.3. The summed E-state index contributed by atoms with van der Waals surface area (Å²) in [4.78, 5) is 19.5. The van der Waals surface area contributed by atoms with Crippen molar-refractivity contribution < 1.29 is 9.18 Å². The topological polar surface area (TPSA) is 60.7 Å². The SMILES string of the molecule is O=C1NCc2c1c1c3cc(Br)c(F)cc3[nH]c1c1[nH]c3ccccc3c21. The van der Waals surface area contributed by atoms with Crippen LogP contribution in [0.4, 0.5) is 4.39 Å². The normalized spacial score (nSPS) is 14.0. The monoisotopic (exact) mass is 407 g/mol. The number of para-hydroxylation sites is 1. The molecule has 0 bridgehead atoms. The molecule has 5 aromatic rings. The van der Waals surface area contributed by atoms with E-state index in [1.807, 2.05) is 18.2 Å². The molecule has 0 atom stereocenters. The third-order valence-electron chi connectivity index (χ3n) is 5.30. The Morgan fingerprint density at radius 2 is 1.73 bits per heavy atom. The lowest BCUT2D eigenvalue weighted by Gasteiger charge is -2.04. The molecule has 0 spiro atoms. The van der Waals surface area contributed by atoms with Gasteiger partial charge in [0.2, 0.25) is 0 Å². The fourth-order valence-electron chi connectivity index (χ4n) is 4.24. The summed E-state index contributed by atoms with van der Waals surface area (Å²) in [6.45, 7) is 0.498. The highest BCUT2D eigenvalue weighted by Crippen LogP contribution is 2.42. The van der Waals surface area contributed by atoms with Gasteiger partial charge in [0, 0.05) is 39.1 Å². The van der Waals surface area contributed by atoms with Crippen LogP contribution in [0.3, 0.4) is 0 Å². The van der Waals surface area contributed by atoms with Gasteiger partial charge >= 0.3 is 0 Å². The van der Waals surface area contributed by atoms with Crippen LogP contribution in [0.1, 0.15) is 15.9 Å². The summed E-state index contributed by atoms with van der Waals surface area (Å²) < 4.78 is 14.4. The molecule has 0 saturated carbocycles. The van der Waals surface area contributed by atoms with Crippen molar-refractivity contribution in [3.8, 4) is 0 Å². The number of benzene rings is 3. The molecular formula is C20H11BrFN3O. The number of halogens is 2. The van der Waals surface area contributed by atoms with Gasteiger partial charge in [-0.1, -0.05) is 18.2 Å². The molecule has 1 aliphatic heterocycles. The van der Waals surface area contributed by atoms with Crippen molar-refractivity contribution in [2.45, 2.75) is 6.54 Å². The summed E-state index contributed by atoms with van der Waals surface area (Å²) in [6.07, 6.45) is 0. The fraction of sp³-hybridized carbons (Fsp3) is 0.0500. The zero-order valence-electron chi connectivity index (χ0n) is 13.3. The minimum absolute atomic E-state index is 0.0847. The van der Waals surface area contributed by atoms with Gasteiger partial charge in [0.15, 0.2) is 0 Å². The molecule has 0 aliphatic carbocycles. The molecule has 1 aliphatic rings. The first kappa shape index (κ1) is 14.3. The number of fused-ring (bicyclic) bond motifs is 10. The zero-order valence-corrected chi connectivity index (χ0v) is 14.9. The minimum Gasteiger partial charge on any atom is -0.353 e. The van der Waals surface area contributed by atoms with Gasteiger partial charge in [0.25, 0.3) is 5.91 Å². The Morgan fingerprint density at radius 1 is 0.962 bits per heavy atom. The second-order valence-corrected chi connectivity index (χ2v) is 7.50. The molecule has 6 rings (SSSR count). The van der Waals surface area contributed by atoms with Crippen molar-refractivity contribution in [2.75, 3.05) is 0 Å². The molecule has 3 heterocycles. The largest absolute Gasteiger partial charge is 0.353 e. The molecule has 0 fully saturated rings. The molecular weight excluding hydrogens is 397 g/mol. The Labute approximate surface area is 154 Å². The number of H-pyrrole nitrogens is 2. The van der Waals surface area contributed by atoms with E-state index in [0.29, 0.717) is 22.1 Å². The summed E-state index contributed by atoms with van der Waals surface area (Å²) in [5.41, 5.74) is 5.15. The molecule has 4 nitrogen and oxygen atoms in total. The molecule has 0 saturated heterocycles. The van der Waals surface area contributed by atoms with Crippen LogP contribution in [-0.4, -0.2) is 15.9 Å². The van der Waals surface area contributed by atoms with Crippen molar-refractivity contribution in [1.29, 1.82) is 0 Å². The fourth-order valence-corrected chi connectivity index (χ4v) is 4.58. The second kappa shape index (κ2) is 4.65. The Balaban J connectivity index is 1.97. The maximum atomic E-state index is 14.1. The van der Waals surface area contributed by atoms with E-state index in [1.165, 1.54) is 6.07 Å². The standard InChI is InChI=1S/C20H11BrFN3O/c21-11-5-9-14(6-12(11)22)25-19-16(9)17-10(7-23-20(17)26)15-8-3-1-2-4-13(8)24-18(15)19/h1-6,24-25H,7H2,(H,23,26). The van der Waals surface area contributed by atoms with Crippen LogP contribution in [0.25, 0.3) is 43.6 Å². The number of rotatable bonds is 0. The lowest BCUT2D eigenvalue weighted by molar-refractivity contribution is 0.0967. The Kier molecular flexibility index (Phi) is 2.56. The average molecular weight is 408 g/mol. The van der Waals surface area contributed by atoms with E-state index in [9.17, 15) is 9.18 Å². The van der Waals surface area contributed by atoms with Gasteiger partial charge in [-0.15, -0.1) is 0 Å². The third-order valence-corrected chi connectivity index (χ3v) is 5.91. The van der Waals surface area contributed by atoms with Gasteiger partial charge in [-0.2, -0.15) is 0 Å². The average Bonchev–Trinajstić information content (AvgIpc) is 3.29. The number of nitrogens with one attached hydrogen (secondary N) is 3. The first-order chi connectivity index (χ1) is 12.6. The molecule has 2 aromatic heterocycles. The van der Waals surface area contributed by atoms with Crippen LogP contribution in [0, 0.1) is 5.82 Å². The smallest absolute Gasteiger partial charge is 0.252 e. The predicted molar refractivity (Wildman–Crippen MR) is 104 cm³/mol. The van der Waals surface area contributed by atoms with Crippen LogP contribution < -0.4 is 5.32 Å². The first-order valence-electron chi connectivity index (χ1n) is 8.27. The Morgan fingerprint density at radius 3 is 2.62 bits per heavy atom. The van der Waals surface area contributed by atoms with Crippen molar-refractivity contribution in [3.05, 3.63) is 57.8 Å². The number of hydrogen-bond acceptors (Lipinski definition) is 1. The van der Waals surface area contributed by atoms with Gasteiger partial charge in [-0.05, 0) is 39.7 Å². The molecule has 0 radical (unpaired) electrons. The lowest BCUT2D eigenvalue weighted by Crippen LogP contribution is -2.12. The number of hydrogen-bond donors (Lipinski definition) is 3. The maximum Gasteiger partial charge on any atom is 0.252 e. The molecule has 3 aromatic carbocycles. The first-order valence-corrected chi connectivity index (χ1v) is 9.06. The maximum absolute atomic E-state index is 14.1. The summed E-state index contributed by atoms with van der Waals surface area (Å²) in [5, 5.41) is 6.76. The zero-order chi connectivity index (χ0) is 17.6. The highest BCUT2D eigenvalue weighted by Gasteiger charge is 2.29. The van der Waals surface area contributed by atoms with Crippen LogP contribution in [0.2, 0.25) is 0 Å². The van der Waals surface area contributed by atoms with Gasteiger partial charge in [-0.3, -0.25) is 4.79 Å². The number of aromatic nitrogens is 2. The highest BCUT2D eigenvalue weighted by molar-refractivity contribution is 9.10. The number of amides is 1. The minimum atomic E-state index is -0.335. The molecule has 0 unspecified atom stereocenters.